The van der Waals surface area contributed by atoms with Crippen LogP contribution in [0.5, 0.6) is 17.2 Å². The summed E-state index contributed by atoms with van der Waals surface area (Å²) in [5.41, 5.74) is 4.36. The van der Waals surface area contributed by atoms with Crippen molar-refractivity contribution in [1.82, 2.24) is 4.98 Å². The molecule has 0 saturated heterocycles. The fraction of sp³-hybridized carbons (Fsp3) is 0.214. The fourth-order valence-corrected chi connectivity index (χ4v) is 3.68. The summed E-state index contributed by atoms with van der Waals surface area (Å²) in [4.78, 5) is 15.5. The van der Waals surface area contributed by atoms with Gasteiger partial charge in [-0.15, -0.1) is 0 Å². The van der Waals surface area contributed by atoms with Crippen LogP contribution in [0.1, 0.15) is 22.4 Å². The molecule has 0 fully saturated rings. The molecule has 0 radical (unpaired) electrons. The molecule has 4 rings (SSSR count). The molecule has 180 valence electrons. The van der Waals surface area contributed by atoms with Crippen molar-refractivity contribution >= 4 is 16.9 Å². The zero-order valence-corrected chi connectivity index (χ0v) is 19.7. The Morgan fingerprint density at radius 3 is 2.57 bits per heavy atom. The average Bonchev–Trinajstić information content (AvgIpc) is 2.86. The third-order valence-corrected chi connectivity index (χ3v) is 5.40. The summed E-state index contributed by atoms with van der Waals surface area (Å²) in [6.45, 7) is 2.54. The molecule has 0 aliphatic rings. The summed E-state index contributed by atoms with van der Waals surface area (Å²) in [6, 6.07) is 23.1. The van der Waals surface area contributed by atoms with Gasteiger partial charge in [-0.3, -0.25) is 4.98 Å². The van der Waals surface area contributed by atoms with E-state index in [1.165, 1.54) is 0 Å². The van der Waals surface area contributed by atoms with Gasteiger partial charge in [-0.05, 0) is 54.4 Å². The molecule has 1 aromatic heterocycles. The standard InChI is InChI=1S/C28H27NO6/c1-19-5-3-7-22(28(19)35-18-27(30)31)16-34-25-8-4-6-20(13-25)15-33-17-23-10-9-21-14-24(32-2)11-12-26(21)29-23/h3-14H,15-18H2,1-2H3,(H,30,31). The highest BCUT2D eigenvalue weighted by atomic mass is 16.5. The molecule has 0 aliphatic heterocycles. The van der Waals surface area contributed by atoms with E-state index in [-0.39, 0.29) is 6.61 Å². The first-order chi connectivity index (χ1) is 17.0. The lowest BCUT2D eigenvalue weighted by molar-refractivity contribution is -0.139. The van der Waals surface area contributed by atoms with Crippen LogP contribution < -0.4 is 14.2 Å². The molecule has 0 unspecified atom stereocenters. The van der Waals surface area contributed by atoms with Gasteiger partial charge in [0, 0.05) is 10.9 Å². The second-order valence-corrected chi connectivity index (χ2v) is 8.04. The van der Waals surface area contributed by atoms with Crippen LogP contribution in [0, 0.1) is 6.92 Å². The van der Waals surface area contributed by atoms with Gasteiger partial charge in [-0.2, -0.15) is 0 Å². The first kappa shape index (κ1) is 24.0. The van der Waals surface area contributed by atoms with Crippen molar-refractivity contribution in [2.45, 2.75) is 26.7 Å². The average molecular weight is 474 g/mol. The Kier molecular flexibility index (Phi) is 7.80. The number of ether oxygens (including phenoxy) is 4. The van der Waals surface area contributed by atoms with Crippen LogP contribution in [0.15, 0.2) is 72.8 Å². The topological polar surface area (TPSA) is 87.1 Å². The molecule has 3 aromatic carbocycles. The monoisotopic (exact) mass is 473 g/mol. The molecule has 1 N–H and O–H groups in total. The minimum absolute atomic E-state index is 0.257. The summed E-state index contributed by atoms with van der Waals surface area (Å²) in [6.07, 6.45) is 0. The van der Waals surface area contributed by atoms with Gasteiger partial charge < -0.3 is 24.1 Å². The number of aliphatic carboxylic acids is 1. The number of hydrogen-bond acceptors (Lipinski definition) is 6. The van der Waals surface area contributed by atoms with Crippen LogP contribution in [0.25, 0.3) is 10.9 Å². The zero-order chi connectivity index (χ0) is 24.6. The van der Waals surface area contributed by atoms with Crippen molar-refractivity contribution < 1.29 is 28.8 Å². The van der Waals surface area contributed by atoms with E-state index in [9.17, 15) is 4.79 Å². The molecule has 4 aromatic rings. The van der Waals surface area contributed by atoms with Gasteiger partial charge >= 0.3 is 5.97 Å². The molecule has 0 aliphatic carbocycles. The molecule has 7 nitrogen and oxygen atoms in total. The van der Waals surface area contributed by atoms with Crippen molar-refractivity contribution in [2.24, 2.45) is 0 Å². The summed E-state index contributed by atoms with van der Waals surface area (Å²) >= 11 is 0. The van der Waals surface area contributed by atoms with E-state index >= 15 is 0 Å². The number of carboxylic acids is 1. The number of aromatic nitrogens is 1. The molecular weight excluding hydrogens is 446 g/mol. The third-order valence-electron chi connectivity index (χ3n) is 5.40. The minimum Gasteiger partial charge on any atom is -0.497 e. The van der Waals surface area contributed by atoms with Crippen molar-refractivity contribution in [2.75, 3.05) is 13.7 Å². The van der Waals surface area contributed by atoms with Gasteiger partial charge in [-0.1, -0.05) is 36.4 Å². The molecule has 1 heterocycles. The zero-order valence-electron chi connectivity index (χ0n) is 19.7. The Labute approximate surface area is 203 Å². The number of carboxylic acid groups (broad SMARTS) is 1. The number of aryl methyl sites for hydroxylation is 1. The van der Waals surface area contributed by atoms with E-state index in [1.807, 2.05) is 79.7 Å². The van der Waals surface area contributed by atoms with Crippen LogP contribution in [-0.4, -0.2) is 29.8 Å². The Bertz CT molecular complexity index is 1320. The second kappa shape index (κ2) is 11.4. The molecule has 7 heteroatoms. The molecule has 0 saturated carbocycles. The highest BCUT2D eigenvalue weighted by Gasteiger charge is 2.10. The Balaban J connectivity index is 1.34. The number of pyridine rings is 1. The lowest BCUT2D eigenvalue weighted by Gasteiger charge is -2.14. The van der Waals surface area contributed by atoms with E-state index in [4.69, 9.17) is 24.1 Å². The first-order valence-electron chi connectivity index (χ1n) is 11.2. The molecule has 0 amide bonds. The number of rotatable bonds is 11. The molecule has 35 heavy (non-hydrogen) atoms. The maximum Gasteiger partial charge on any atom is 0.341 e. The number of fused-ring (bicyclic) bond motifs is 1. The smallest absolute Gasteiger partial charge is 0.341 e. The van der Waals surface area contributed by atoms with E-state index in [1.54, 1.807) is 7.11 Å². The van der Waals surface area contributed by atoms with E-state index < -0.39 is 12.6 Å². The number of carbonyl (C=O) groups is 1. The van der Waals surface area contributed by atoms with Crippen LogP contribution in [-0.2, 0) is 29.4 Å². The largest absolute Gasteiger partial charge is 0.497 e. The number of para-hydroxylation sites is 1. The van der Waals surface area contributed by atoms with Crippen LogP contribution in [0.3, 0.4) is 0 Å². The predicted molar refractivity (Wildman–Crippen MR) is 132 cm³/mol. The fourth-order valence-electron chi connectivity index (χ4n) is 3.68. The lowest BCUT2D eigenvalue weighted by atomic mass is 10.1. The first-order valence-corrected chi connectivity index (χ1v) is 11.2. The molecule has 0 bridgehead atoms. The summed E-state index contributed by atoms with van der Waals surface area (Å²) in [5, 5.41) is 9.94. The maximum atomic E-state index is 10.9. The van der Waals surface area contributed by atoms with Crippen LogP contribution in [0.4, 0.5) is 0 Å². The molecule has 0 atom stereocenters. The Morgan fingerprint density at radius 1 is 0.886 bits per heavy atom. The molecular formula is C28H27NO6. The second-order valence-electron chi connectivity index (χ2n) is 8.04. The highest BCUT2D eigenvalue weighted by Crippen LogP contribution is 2.26. The highest BCUT2D eigenvalue weighted by molar-refractivity contribution is 5.80. The van der Waals surface area contributed by atoms with E-state index in [2.05, 4.69) is 4.98 Å². The number of benzene rings is 3. The quantitative estimate of drug-likeness (QED) is 0.316. The maximum absolute atomic E-state index is 10.9. The summed E-state index contributed by atoms with van der Waals surface area (Å²) in [5.74, 6) is 1.01. The van der Waals surface area contributed by atoms with Gasteiger partial charge in [0.25, 0.3) is 0 Å². The minimum atomic E-state index is -1.02. The normalized spacial score (nSPS) is 10.8. The SMILES string of the molecule is COc1ccc2nc(COCc3cccc(OCc4cccc(C)c4OCC(=O)O)c3)ccc2c1. The van der Waals surface area contributed by atoms with Gasteiger partial charge in [-0.25, -0.2) is 4.79 Å². The van der Waals surface area contributed by atoms with Gasteiger partial charge in [0.2, 0.25) is 0 Å². The number of nitrogens with zero attached hydrogens (tertiary/aromatic N) is 1. The van der Waals surface area contributed by atoms with Crippen molar-refractivity contribution in [3.05, 3.63) is 95.2 Å². The van der Waals surface area contributed by atoms with Gasteiger partial charge in [0.05, 0.1) is 31.5 Å². The Hall–Kier alpha value is -4.10. The molecule has 0 spiro atoms. The summed E-state index contributed by atoms with van der Waals surface area (Å²) in [7, 11) is 1.65. The van der Waals surface area contributed by atoms with Gasteiger partial charge in [0.15, 0.2) is 6.61 Å². The van der Waals surface area contributed by atoms with Crippen molar-refractivity contribution in [3.8, 4) is 17.2 Å². The van der Waals surface area contributed by atoms with E-state index in [0.717, 1.165) is 39.0 Å². The number of hydrogen-bond donors (Lipinski definition) is 1. The van der Waals surface area contributed by atoms with Gasteiger partial charge in [0.1, 0.15) is 23.9 Å². The van der Waals surface area contributed by atoms with Crippen LogP contribution in [0.2, 0.25) is 0 Å². The van der Waals surface area contributed by atoms with Crippen molar-refractivity contribution in [1.29, 1.82) is 0 Å². The lowest BCUT2D eigenvalue weighted by Crippen LogP contribution is -2.12. The van der Waals surface area contributed by atoms with Crippen molar-refractivity contribution in [3.63, 3.8) is 0 Å². The third kappa shape index (κ3) is 6.49. The summed E-state index contributed by atoms with van der Waals surface area (Å²) < 4.78 is 22.6. The predicted octanol–water partition coefficient (Wildman–Crippen LogP) is 5.31. The van der Waals surface area contributed by atoms with Crippen LogP contribution >= 0.6 is 0 Å². The number of methoxy groups -OCH3 is 1. The Morgan fingerprint density at radius 2 is 1.74 bits per heavy atom. The van der Waals surface area contributed by atoms with E-state index in [0.29, 0.717) is 24.7 Å².